The molecule has 0 spiro atoms. The molecule has 0 aromatic heterocycles. The molecule has 20 heavy (non-hydrogen) atoms. The molecule has 1 aliphatic carbocycles. The first-order chi connectivity index (χ1) is 9.56. The molecular weight excluding hydrogens is 338 g/mol. The minimum absolute atomic E-state index is 0.288. The van der Waals surface area contributed by atoms with Crippen LogP contribution in [0.1, 0.15) is 17.0 Å². The van der Waals surface area contributed by atoms with Crippen molar-refractivity contribution in [1.82, 2.24) is 4.72 Å². The van der Waals surface area contributed by atoms with Gasteiger partial charge in [0, 0.05) is 16.9 Å². The number of sulfonamides is 1. The number of hydrogen-bond acceptors (Lipinski definition) is 2. The lowest BCUT2D eigenvalue weighted by Gasteiger charge is -2.30. The highest BCUT2D eigenvalue weighted by molar-refractivity contribution is 9.10. The van der Waals surface area contributed by atoms with Crippen molar-refractivity contribution in [2.45, 2.75) is 17.2 Å². The van der Waals surface area contributed by atoms with Crippen LogP contribution >= 0.6 is 15.9 Å². The first-order valence-electron chi connectivity index (χ1n) is 6.39. The minimum atomic E-state index is -3.42. The van der Waals surface area contributed by atoms with Gasteiger partial charge in [0.25, 0.3) is 0 Å². The summed E-state index contributed by atoms with van der Waals surface area (Å²) in [5.74, 6) is 0.288. The SMILES string of the molecule is O=S(=O)(NCC1Cc2ccccc21)c1ccc(Br)cc1. The van der Waals surface area contributed by atoms with E-state index in [2.05, 4.69) is 32.8 Å². The smallest absolute Gasteiger partial charge is 0.211 e. The van der Waals surface area contributed by atoms with E-state index in [9.17, 15) is 8.42 Å². The van der Waals surface area contributed by atoms with Gasteiger partial charge >= 0.3 is 0 Å². The van der Waals surface area contributed by atoms with Gasteiger partial charge in [0.05, 0.1) is 4.90 Å². The topological polar surface area (TPSA) is 46.2 Å². The largest absolute Gasteiger partial charge is 0.240 e. The van der Waals surface area contributed by atoms with Crippen LogP contribution in [0.4, 0.5) is 0 Å². The van der Waals surface area contributed by atoms with E-state index in [0.717, 1.165) is 10.9 Å². The van der Waals surface area contributed by atoms with Crippen LogP contribution in [0.2, 0.25) is 0 Å². The molecule has 3 nitrogen and oxygen atoms in total. The second-order valence-electron chi connectivity index (χ2n) is 4.91. The van der Waals surface area contributed by atoms with Crippen LogP contribution in [0.25, 0.3) is 0 Å². The molecule has 0 radical (unpaired) electrons. The first-order valence-corrected chi connectivity index (χ1v) is 8.67. The minimum Gasteiger partial charge on any atom is -0.211 e. The summed E-state index contributed by atoms with van der Waals surface area (Å²) in [5, 5.41) is 0. The van der Waals surface area contributed by atoms with Gasteiger partial charge in [-0.25, -0.2) is 13.1 Å². The van der Waals surface area contributed by atoms with Crippen molar-refractivity contribution in [3.8, 4) is 0 Å². The summed E-state index contributed by atoms with van der Waals surface area (Å²) < 4.78 is 27.9. The second kappa shape index (κ2) is 5.31. The molecule has 104 valence electrons. The summed E-state index contributed by atoms with van der Waals surface area (Å²) in [4.78, 5) is 0.299. The average Bonchev–Trinajstić information content (AvgIpc) is 2.40. The number of benzene rings is 2. The summed E-state index contributed by atoms with van der Waals surface area (Å²) in [6.45, 7) is 0.454. The zero-order valence-electron chi connectivity index (χ0n) is 10.7. The van der Waals surface area contributed by atoms with Crippen LogP contribution in [0.5, 0.6) is 0 Å². The predicted molar refractivity (Wildman–Crippen MR) is 82.2 cm³/mol. The van der Waals surface area contributed by atoms with Gasteiger partial charge in [0.2, 0.25) is 10.0 Å². The molecule has 0 saturated carbocycles. The summed E-state index contributed by atoms with van der Waals surface area (Å²) in [7, 11) is -3.42. The number of hydrogen-bond donors (Lipinski definition) is 1. The molecule has 5 heteroatoms. The van der Waals surface area contributed by atoms with E-state index < -0.39 is 10.0 Å². The lowest BCUT2D eigenvalue weighted by Crippen LogP contribution is -2.33. The maximum absolute atomic E-state index is 12.2. The normalized spacial score (nSPS) is 17.4. The second-order valence-corrected chi connectivity index (χ2v) is 7.59. The Kier molecular flexibility index (Phi) is 3.67. The fourth-order valence-electron chi connectivity index (χ4n) is 2.45. The number of rotatable bonds is 4. The Morgan fingerprint density at radius 1 is 1.10 bits per heavy atom. The molecule has 0 saturated heterocycles. The third kappa shape index (κ3) is 2.66. The van der Waals surface area contributed by atoms with E-state index >= 15 is 0 Å². The van der Waals surface area contributed by atoms with E-state index in [4.69, 9.17) is 0 Å². The zero-order valence-corrected chi connectivity index (χ0v) is 13.1. The Morgan fingerprint density at radius 2 is 1.80 bits per heavy atom. The Hall–Kier alpha value is -1.17. The van der Waals surface area contributed by atoms with E-state index in [1.165, 1.54) is 11.1 Å². The van der Waals surface area contributed by atoms with Gasteiger partial charge < -0.3 is 0 Å². The van der Waals surface area contributed by atoms with Crippen molar-refractivity contribution >= 4 is 26.0 Å². The third-order valence-corrected chi connectivity index (χ3v) is 5.57. The van der Waals surface area contributed by atoms with E-state index in [0.29, 0.717) is 11.4 Å². The molecule has 1 aliphatic rings. The summed E-state index contributed by atoms with van der Waals surface area (Å²) in [5.41, 5.74) is 2.58. The lowest BCUT2D eigenvalue weighted by molar-refractivity contribution is 0.552. The van der Waals surface area contributed by atoms with Crippen molar-refractivity contribution in [3.63, 3.8) is 0 Å². The lowest BCUT2D eigenvalue weighted by atomic mass is 9.78. The van der Waals surface area contributed by atoms with Gasteiger partial charge in [-0.15, -0.1) is 0 Å². The average molecular weight is 352 g/mol. The number of nitrogens with one attached hydrogen (secondary N) is 1. The maximum atomic E-state index is 12.2. The van der Waals surface area contributed by atoms with Crippen molar-refractivity contribution in [2.24, 2.45) is 0 Å². The summed E-state index contributed by atoms with van der Waals surface area (Å²) in [6.07, 6.45) is 0.943. The molecule has 1 atom stereocenters. The molecular formula is C15H14BrNO2S. The van der Waals surface area contributed by atoms with Gasteiger partial charge in [0.15, 0.2) is 0 Å². The maximum Gasteiger partial charge on any atom is 0.240 e. The van der Waals surface area contributed by atoms with Gasteiger partial charge in [-0.05, 0) is 41.8 Å². The highest BCUT2D eigenvalue weighted by Crippen LogP contribution is 2.34. The van der Waals surface area contributed by atoms with Crippen molar-refractivity contribution < 1.29 is 8.42 Å². The van der Waals surface area contributed by atoms with Crippen LogP contribution in [0.3, 0.4) is 0 Å². The molecule has 1 N–H and O–H groups in total. The molecule has 2 aromatic rings. The molecule has 1 unspecified atom stereocenters. The molecule has 3 rings (SSSR count). The van der Waals surface area contributed by atoms with Crippen LogP contribution in [-0.4, -0.2) is 15.0 Å². The first kappa shape index (κ1) is 13.8. The molecule has 2 aromatic carbocycles. The fraction of sp³-hybridized carbons (Fsp3) is 0.200. The van der Waals surface area contributed by atoms with Crippen LogP contribution in [0, 0.1) is 0 Å². The molecule has 0 amide bonds. The van der Waals surface area contributed by atoms with Crippen LogP contribution in [0.15, 0.2) is 57.9 Å². The van der Waals surface area contributed by atoms with Gasteiger partial charge in [-0.3, -0.25) is 0 Å². The monoisotopic (exact) mass is 351 g/mol. The summed E-state index contributed by atoms with van der Waals surface area (Å²) in [6, 6.07) is 14.8. The van der Waals surface area contributed by atoms with Gasteiger partial charge in [-0.1, -0.05) is 40.2 Å². The highest BCUT2D eigenvalue weighted by atomic mass is 79.9. The zero-order chi connectivity index (χ0) is 14.2. The van der Waals surface area contributed by atoms with Gasteiger partial charge in [-0.2, -0.15) is 0 Å². The molecule has 0 aliphatic heterocycles. The standard InChI is InChI=1S/C15H14BrNO2S/c16-13-5-7-14(8-6-13)20(18,19)17-10-12-9-11-3-1-2-4-15(11)12/h1-8,12,17H,9-10H2. The number of fused-ring (bicyclic) bond motifs is 1. The fourth-order valence-corrected chi connectivity index (χ4v) is 3.80. The van der Waals surface area contributed by atoms with Crippen molar-refractivity contribution in [1.29, 1.82) is 0 Å². The Balaban J connectivity index is 1.68. The predicted octanol–water partition coefficient (Wildman–Crippen LogP) is 3.07. The molecule has 0 bridgehead atoms. The van der Waals surface area contributed by atoms with E-state index in [1.54, 1.807) is 24.3 Å². The van der Waals surface area contributed by atoms with E-state index in [-0.39, 0.29) is 5.92 Å². The van der Waals surface area contributed by atoms with Crippen molar-refractivity contribution in [3.05, 3.63) is 64.1 Å². The molecule has 0 heterocycles. The molecule has 0 fully saturated rings. The van der Waals surface area contributed by atoms with Gasteiger partial charge in [0.1, 0.15) is 0 Å². The van der Waals surface area contributed by atoms with Crippen molar-refractivity contribution in [2.75, 3.05) is 6.54 Å². The highest BCUT2D eigenvalue weighted by Gasteiger charge is 2.26. The Morgan fingerprint density at radius 3 is 2.50 bits per heavy atom. The van der Waals surface area contributed by atoms with E-state index in [1.807, 2.05) is 12.1 Å². The van der Waals surface area contributed by atoms with Crippen LogP contribution in [-0.2, 0) is 16.4 Å². The van der Waals surface area contributed by atoms with Crippen LogP contribution < -0.4 is 4.72 Å². The Labute approximate surface area is 127 Å². The summed E-state index contributed by atoms with van der Waals surface area (Å²) >= 11 is 3.30. The quantitative estimate of drug-likeness (QED) is 0.919. The third-order valence-electron chi connectivity index (χ3n) is 3.60. The number of halogens is 1. The Bertz CT molecular complexity index is 726.